The summed E-state index contributed by atoms with van der Waals surface area (Å²) in [4.78, 5) is 15.8. The zero-order valence-corrected chi connectivity index (χ0v) is 18.5. The number of anilines is 2. The Hall–Kier alpha value is -2.50. The molecule has 1 aromatic heterocycles. The molecule has 1 heterocycles. The lowest BCUT2D eigenvalue weighted by Gasteiger charge is -2.36. The molecule has 0 atom stereocenters. The predicted octanol–water partition coefficient (Wildman–Crippen LogP) is 6.34. The number of nitriles is 1. The summed E-state index contributed by atoms with van der Waals surface area (Å²) in [5.74, 6) is -0.628. The third kappa shape index (κ3) is 5.84. The molecule has 0 aliphatic heterocycles. The van der Waals surface area contributed by atoms with E-state index in [0.29, 0.717) is 35.2 Å². The van der Waals surface area contributed by atoms with E-state index in [1.165, 1.54) is 18.3 Å². The van der Waals surface area contributed by atoms with Crippen molar-refractivity contribution in [2.75, 3.05) is 17.2 Å². The fraction of sp³-hybridized carbons (Fsp3) is 0.409. The van der Waals surface area contributed by atoms with Crippen LogP contribution in [-0.4, -0.2) is 23.6 Å². The van der Waals surface area contributed by atoms with E-state index < -0.39 is 23.9 Å². The lowest BCUT2D eigenvalue weighted by Crippen LogP contribution is -2.33. The highest BCUT2D eigenvalue weighted by atomic mass is 35.5. The summed E-state index contributed by atoms with van der Waals surface area (Å²) in [5.41, 5.74) is 0.217. The Labute approximate surface area is 193 Å². The van der Waals surface area contributed by atoms with Gasteiger partial charge >= 0.3 is 6.18 Å². The zero-order chi connectivity index (χ0) is 23.4. The second-order valence-electron chi connectivity index (χ2n) is 7.86. The van der Waals surface area contributed by atoms with Crippen LogP contribution in [0.5, 0.6) is 0 Å². The molecule has 1 aromatic carbocycles. The number of rotatable bonds is 6. The summed E-state index contributed by atoms with van der Waals surface area (Å²) in [5, 5.41) is 16.1. The van der Waals surface area contributed by atoms with Crippen molar-refractivity contribution < 1.29 is 18.0 Å². The molecule has 5 nitrogen and oxygen atoms in total. The van der Waals surface area contributed by atoms with E-state index in [0.717, 1.165) is 18.4 Å². The Morgan fingerprint density at radius 2 is 1.94 bits per heavy atom. The van der Waals surface area contributed by atoms with Gasteiger partial charge in [-0.1, -0.05) is 35.3 Å². The van der Waals surface area contributed by atoms with Crippen molar-refractivity contribution in [2.45, 2.75) is 43.7 Å². The van der Waals surface area contributed by atoms with Crippen molar-refractivity contribution in [1.82, 2.24) is 4.98 Å². The van der Waals surface area contributed by atoms with Gasteiger partial charge in [-0.3, -0.25) is 4.79 Å². The maximum atomic E-state index is 12.4. The molecule has 0 saturated heterocycles. The van der Waals surface area contributed by atoms with Crippen LogP contribution in [0.4, 0.5) is 24.7 Å². The number of hydrogen-bond acceptors (Lipinski definition) is 4. The zero-order valence-electron chi connectivity index (χ0n) is 17.0. The summed E-state index contributed by atoms with van der Waals surface area (Å²) >= 11 is 12.5. The molecule has 1 amide bonds. The van der Waals surface area contributed by atoms with Crippen LogP contribution in [0.1, 0.15) is 37.7 Å². The molecular weight excluding hydrogens is 464 g/mol. The highest BCUT2D eigenvalue weighted by Gasteiger charge is 2.39. The van der Waals surface area contributed by atoms with Crippen LogP contribution in [0.15, 0.2) is 36.5 Å². The normalized spacial score (nSPS) is 20.9. The van der Waals surface area contributed by atoms with E-state index >= 15 is 0 Å². The fourth-order valence-corrected chi connectivity index (χ4v) is 4.44. The molecule has 0 radical (unpaired) electrons. The number of aromatic nitrogens is 1. The van der Waals surface area contributed by atoms with Gasteiger partial charge in [-0.05, 0) is 55.4 Å². The number of carbonyl (C=O) groups is 1. The molecule has 170 valence electrons. The van der Waals surface area contributed by atoms with Crippen LogP contribution in [0.2, 0.25) is 10.0 Å². The Bertz CT molecular complexity index is 1010. The monoisotopic (exact) mass is 484 g/mol. The first-order chi connectivity index (χ1) is 15.1. The van der Waals surface area contributed by atoms with E-state index in [4.69, 9.17) is 23.2 Å². The summed E-state index contributed by atoms with van der Waals surface area (Å²) in [7, 11) is 0. The molecule has 2 N–H and O–H groups in total. The van der Waals surface area contributed by atoms with Gasteiger partial charge in [-0.15, -0.1) is 0 Å². The van der Waals surface area contributed by atoms with Gasteiger partial charge in [0.25, 0.3) is 0 Å². The molecule has 0 unspecified atom stereocenters. The van der Waals surface area contributed by atoms with E-state index in [-0.39, 0.29) is 11.6 Å². The molecule has 1 saturated carbocycles. The second kappa shape index (κ2) is 9.97. The SMILES string of the molecule is N#CC1(c2cccc(Cl)c2Cl)CCC(CNc2ncccc2NC(=O)CC(F)(F)F)CC1. The smallest absolute Gasteiger partial charge is 0.368 e. The Balaban J connectivity index is 1.62. The summed E-state index contributed by atoms with van der Waals surface area (Å²) in [6, 6.07) is 10.8. The largest absolute Gasteiger partial charge is 0.397 e. The first kappa shape index (κ1) is 24.1. The average Bonchev–Trinajstić information content (AvgIpc) is 2.74. The molecule has 1 aliphatic carbocycles. The van der Waals surface area contributed by atoms with Crippen LogP contribution in [0.25, 0.3) is 0 Å². The van der Waals surface area contributed by atoms with E-state index in [1.54, 1.807) is 12.1 Å². The third-order valence-electron chi connectivity index (χ3n) is 5.64. The standard InChI is InChI=1S/C22H21Cl2F3N4O/c23-16-4-1-3-15(19(16)24)21(13-28)8-6-14(7-9-21)12-30-20-17(5-2-10-29-20)31-18(32)11-22(25,26)27/h1-5,10,14H,6-9,11-12H2,(H,29,30)(H,31,32). The number of hydrogen-bond donors (Lipinski definition) is 2. The van der Waals surface area contributed by atoms with Crippen molar-refractivity contribution in [3.63, 3.8) is 0 Å². The maximum Gasteiger partial charge on any atom is 0.397 e. The van der Waals surface area contributed by atoms with Gasteiger partial charge < -0.3 is 10.6 Å². The lowest BCUT2D eigenvalue weighted by atomic mass is 9.67. The fourth-order valence-electron chi connectivity index (χ4n) is 3.95. The minimum Gasteiger partial charge on any atom is -0.368 e. The highest BCUT2D eigenvalue weighted by Crippen LogP contribution is 2.45. The van der Waals surface area contributed by atoms with Crippen molar-refractivity contribution in [2.24, 2.45) is 5.92 Å². The van der Waals surface area contributed by atoms with Gasteiger partial charge in [0.15, 0.2) is 0 Å². The number of nitrogens with one attached hydrogen (secondary N) is 2. The topological polar surface area (TPSA) is 77.8 Å². The van der Waals surface area contributed by atoms with Crippen LogP contribution in [0, 0.1) is 17.2 Å². The third-order valence-corrected chi connectivity index (χ3v) is 6.46. The number of halogens is 5. The van der Waals surface area contributed by atoms with E-state index in [2.05, 4.69) is 21.7 Å². The van der Waals surface area contributed by atoms with Crippen molar-refractivity contribution >= 4 is 40.6 Å². The summed E-state index contributed by atoms with van der Waals surface area (Å²) < 4.78 is 37.3. The number of amides is 1. The maximum absolute atomic E-state index is 12.4. The molecule has 1 aliphatic rings. The van der Waals surface area contributed by atoms with Crippen LogP contribution in [-0.2, 0) is 10.2 Å². The van der Waals surface area contributed by atoms with Gasteiger partial charge in [0, 0.05) is 12.7 Å². The van der Waals surface area contributed by atoms with Crippen molar-refractivity contribution in [3.8, 4) is 6.07 Å². The van der Waals surface area contributed by atoms with Crippen molar-refractivity contribution in [1.29, 1.82) is 5.26 Å². The first-order valence-corrected chi connectivity index (χ1v) is 10.8. The van der Waals surface area contributed by atoms with Gasteiger partial charge in [-0.2, -0.15) is 18.4 Å². The van der Waals surface area contributed by atoms with E-state index in [1.807, 2.05) is 6.07 Å². The Morgan fingerprint density at radius 1 is 1.22 bits per heavy atom. The number of pyridine rings is 1. The van der Waals surface area contributed by atoms with Crippen LogP contribution in [0.3, 0.4) is 0 Å². The Morgan fingerprint density at radius 3 is 2.59 bits per heavy atom. The molecule has 10 heteroatoms. The highest BCUT2D eigenvalue weighted by molar-refractivity contribution is 6.42. The predicted molar refractivity (Wildman–Crippen MR) is 118 cm³/mol. The Kier molecular flexibility index (Phi) is 7.52. The number of alkyl halides is 3. The van der Waals surface area contributed by atoms with Crippen molar-refractivity contribution in [3.05, 3.63) is 52.1 Å². The number of nitrogens with zero attached hydrogens (tertiary/aromatic N) is 2. The molecular formula is C22H21Cl2F3N4O. The minimum atomic E-state index is -4.58. The molecule has 2 aromatic rings. The summed E-state index contributed by atoms with van der Waals surface area (Å²) in [6.07, 6.45) is -1.96. The first-order valence-electron chi connectivity index (χ1n) is 10.0. The molecule has 3 rings (SSSR count). The van der Waals surface area contributed by atoms with Gasteiger partial charge in [0.1, 0.15) is 12.2 Å². The van der Waals surface area contributed by atoms with E-state index in [9.17, 15) is 23.2 Å². The average molecular weight is 485 g/mol. The van der Waals surface area contributed by atoms with Crippen LogP contribution < -0.4 is 10.6 Å². The number of carbonyl (C=O) groups excluding carboxylic acids is 1. The molecule has 0 bridgehead atoms. The second-order valence-corrected chi connectivity index (χ2v) is 8.64. The van der Waals surface area contributed by atoms with Gasteiger partial charge in [0.05, 0.1) is 27.2 Å². The number of benzene rings is 1. The quantitative estimate of drug-likeness (QED) is 0.501. The molecule has 0 spiro atoms. The lowest BCUT2D eigenvalue weighted by molar-refractivity contribution is -0.150. The van der Waals surface area contributed by atoms with Gasteiger partial charge in [-0.25, -0.2) is 4.98 Å². The summed E-state index contributed by atoms with van der Waals surface area (Å²) in [6.45, 7) is 0.504. The van der Waals surface area contributed by atoms with Gasteiger partial charge in [0.2, 0.25) is 5.91 Å². The minimum absolute atomic E-state index is 0.189. The molecule has 1 fully saturated rings. The molecule has 32 heavy (non-hydrogen) atoms. The van der Waals surface area contributed by atoms with Crippen LogP contribution >= 0.6 is 23.2 Å².